The summed E-state index contributed by atoms with van der Waals surface area (Å²) in [5, 5.41) is 2.59. The topological polar surface area (TPSA) is 38.3 Å². The third-order valence-electron chi connectivity index (χ3n) is 2.58. The number of hydrogen-bond donors (Lipinski definition) is 1. The van der Waals surface area contributed by atoms with Crippen molar-refractivity contribution in [3.05, 3.63) is 59.7 Å². The van der Waals surface area contributed by atoms with Crippen molar-refractivity contribution in [2.45, 2.75) is 6.92 Å². The van der Waals surface area contributed by atoms with E-state index in [1.165, 1.54) is 5.56 Å². The molecule has 18 heavy (non-hydrogen) atoms. The molecule has 0 atom stereocenters. The molecular weight excluding hydrogens is 226 g/mol. The maximum absolute atomic E-state index is 11.5. The summed E-state index contributed by atoms with van der Waals surface area (Å²) in [4.78, 5) is 11.5. The maximum atomic E-state index is 11.5. The second-order valence-corrected chi connectivity index (χ2v) is 4.02. The molecule has 2 aromatic rings. The summed E-state index contributed by atoms with van der Waals surface area (Å²) >= 11 is 0. The van der Waals surface area contributed by atoms with Gasteiger partial charge in [-0.05, 0) is 37.3 Å². The Bertz CT molecular complexity index is 547. The first-order valence-electron chi connectivity index (χ1n) is 5.76. The number of rotatable bonds is 3. The van der Waals surface area contributed by atoms with Crippen LogP contribution >= 0.6 is 0 Å². The van der Waals surface area contributed by atoms with E-state index in [0.717, 1.165) is 5.75 Å². The molecule has 0 aromatic heterocycles. The Kier molecular flexibility index (Phi) is 3.63. The molecule has 0 aliphatic rings. The number of carbonyl (C=O) groups is 1. The molecule has 0 saturated carbocycles. The van der Waals surface area contributed by atoms with E-state index in [9.17, 15) is 4.79 Å². The molecule has 0 aliphatic carbocycles. The van der Waals surface area contributed by atoms with Crippen molar-refractivity contribution in [2.24, 2.45) is 0 Å². The van der Waals surface area contributed by atoms with Gasteiger partial charge in [-0.3, -0.25) is 4.79 Å². The number of benzene rings is 2. The summed E-state index contributed by atoms with van der Waals surface area (Å²) in [6, 6.07) is 14.9. The molecule has 0 radical (unpaired) electrons. The van der Waals surface area contributed by atoms with E-state index >= 15 is 0 Å². The zero-order valence-corrected chi connectivity index (χ0v) is 10.4. The van der Waals surface area contributed by atoms with Gasteiger partial charge < -0.3 is 10.1 Å². The molecule has 0 fully saturated rings. The lowest BCUT2D eigenvalue weighted by atomic mass is 10.2. The minimum absolute atomic E-state index is 0.121. The van der Waals surface area contributed by atoms with Crippen LogP contribution in [-0.4, -0.2) is 13.0 Å². The van der Waals surface area contributed by atoms with Crippen LogP contribution in [0.4, 0.5) is 0 Å². The normalized spacial score (nSPS) is 9.89. The van der Waals surface area contributed by atoms with E-state index in [2.05, 4.69) is 5.32 Å². The Balaban J connectivity index is 2.19. The fourth-order valence-electron chi connectivity index (χ4n) is 1.59. The number of amides is 1. The van der Waals surface area contributed by atoms with Gasteiger partial charge in [-0.15, -0.1) is 0 Å². The van der Waals surface area contributed by atoms with Crippen LogP contribution in [0.2, 0.25) is 0 Å². The predicted molar refractivity (Wildman–Crippen MR) is 71.1 cm³/mol. The van der Waals surface area contributed by atoms with Crippen molar-refractivity contribution >= 4 is 5.91 Å². The van der Waals surface area contributed by atoms with Crippen molar-refractivity contribution in [3.63, 3.8) is 0 Å². The highest BCUT2D eigenvalue weighted by Crippen LogP contribution is 2.22. The standard InChI is InChI=1S/C15H15NO2/c1-11-6-8-13(9-7-11)18-14-5-3-4-12(10-14)15(17)16-2/h3-10H,1-2H3,(H,16,17). The van der Waals surface area contributed by atoms with Crippen molar-refractivity contribution in [1.82, 2.24) is 5.32 Å². The van der Waals surface area contributed by atoms with Crippen LogP contribution in [0.5, 0.6) is 11.5 Å². The summed E-state index contributed by atoms with van der Waals surface area (Å²) in [5.41, 5.74) is 1.77. The SMILES string of the molecule is CNC(=O)c1cccc(Oc2ccc(C)cc2)c1. The van der Waals surface area contributed by atoms with E-state index < -0.39 is 0 Å². The zero-order valence-electron chi connectivity index (χ0n) is 10.4. The lowest BCUT2D eigenvalue weighted by Gasteiger charge is -2.07. The lowest BCUT2D eigenvalue weighted by Crippen LogP contribution is -2.17. The maximum Gasteiger partial charge on any atom is 0.251 e. The van der Waals surface area contributed by atoms with Gasteiger partial charge in [0, 0.05) is 12.6 Å². The first-order valence-corrected chi connectivity index (χ1v) is 5.76. The summed E-state index contributed by atoms with van der Waals surface area (Å²) in [6.07, 6.45) is 0. The van der Waals surface area contributed by atoms with Gasteiger partial charge in [-0.25, -0.2) is 0 Å². The Morgan fingerprint density at radius 1 is 1.06 bits per heavy atom. The fraction of sp³-hybridized carbons (Fsp3) is 0.133. The average molecular weight is 241 g/mol. The van der Waals surface area contributed by atoms with E-state index in [-0.39, 0.29) is 5.91 Å². The molecule has 92 valence electrons. The highest BCUT2D eigenvalue weighted by molar-refractivity contribution is 5.94. The Labute approximate surface area is 106 Å². The van der Waals surface area contributed by atoms with Crippen molar-refractivity contribution in [1.29, 1.82) is 0 Å². The molecule has 3 nitrogen and oxygen atoms in total. The van der Waals surface area contributed by atoms with Crippen molar-refractivity contribution in [2.75, 3.05) is 7.05 Å². The van der Waals surface area contributed by atoms with Crippen molar-refractivity contribution < 1.29 is 9.53 Å². The predicted octanol–water partition coefficient (Wildman–Crippen LogP) is 3.15. The van der Waals surface area contributed by atoms with Gasteiger partial charge in [-0.2, -0.15) is 0 Å². The lowest BCUT2D eigenvalue weighted by molar-refractivity contribution is 0.0963. The first-order chi connectivity index (χ1) is 8.69. The number of aryl methyl sites for hydroxylation is 1. The van der Waals surface area contributed by atoms with Crippen LogP contribution < -0.4 is 10.1 Å². The third-order valence-corrected chi connectivity index (χ3v) is 2.58. The van der Waals surface area contributed by atoms with E-state index in [4.69, 9.17) is 4.74 Å². The number of hydrogen-bond acceptors (Lipinski definition) is 2. The second kappa shape index (κ2) is 5.36. The van der Waals surface area contributed by atoms with Crippen LogP contribution in [0.1, 0.15) is 15.9 Å². The van der Waals surface area contributed by atoms with Gasteiger partial charge in [0.05, 0.1) is 0 Å². The third kappa shape index (κ3) is 2.88. The molecular formula is C15H15NO2. The smallest absolute Gasteiger partial charge is 0.251 e. The Hall–Kier alpha value is -2.29. The average Bonchev–Trinajstić information content (AvgIpc) is 2.41. The molecule has 1 N–H and O–H groups in total. The molecule has 1 amide bonds. The summed E-state index contributed by atoms with van der Waals surface area (Å²) in [5.74, 6) is 1.29. The fourth-order valence-corrected chi connectivity index (χ4v) is 1.59. The molecule has 0 saturated heterocycles. The molecule has 0 unspecified atom stereocenters. The first kappa shape index (κ1) is 12.2. The van der Waals surface area contributed by atoms with Gasteiger partial charge in [0.15, 0.2) is 0 Å². The Morgan fingerprint density at radius 3 is 2.44 bits per heavy atom. The van der Waals surface area contributed by atoms with E-state index in [1.54, 1.807) is 25.2 Å². The molecule has 2 aromatic carbocycles. The quantitative estimate of drug-likeness (QED) is 0.896. The highest BCUT2D eigenvalue weighted by Gasteiger charge is 2.04. The van der Waals surface area contributed by atoms with E-state index in [0.29, 0.717) is 11.3 Å². The minimum Gasteiger partial charge on any atom is -0.457 e. The summed E-state index contributed by atoms with van der Waals surface area (Å²) in [6.45, 7) is 2.02. The largest absolute Gasteiger partial charge is 0.457 e. The highest BCUT2D eigenvalue weighted by atomic mass is 16.5. The molecule has 0 heterocycles. The van der Waals surface area contributed by atoms with Crippen LogP contribution in [-0.2, 0) is 0 Å². The second-order valence-electron chi connectivity index (χ2n) is 4.02. The van der Waals surface area contributed by atoms with Gasteiger partial charge in [0.1, 0.15) is 11.5 Å². The van der Waals surface area contributed by atoms with E-state index in [1.807, 2.05) is 37.3 Å². The minimum atomic E-state index is -0.121. The zero-order chi connectivity index (χ0) is 13.0. The molecule has 3 heteroatoms. The van der Waals surface area contributed by atoms with Crippen LogP contribution in [0.3, 0.4) is 0 Å². The molecule has 2 rings (SSSR count). The van der Waals surface area contributed by atoms with Gasteiger partial charge >= 0.3 is 0 Å². The van der Waals surface area contributed by atoms with Crippen molar-refractivity contribution in [3.8, 4) is 11.5 Å². The Morgan fingerprint density at radius 2 is 1.78 bits per heavy atom. The number of nitrogens with one attached hydrogen (secondary N) is 1. The summed E-state index contributed by atoms with van der Waals surface area (Å²) < 4.78 is 5.69. The molecule has 0 spiro atoms. The summed E-state index contributed by atoms with van der Waals surface area (Å²) in [7, 11) is 1.61. The van der Waals surface area contributed by atoms with Gasteiger partial charge in [-0.1, -0.05) is 23.8 Å². The number of ether oxygens (including phenoxy) is 1. The number of carbonyl (C=O) groups excluding carboxylic acids is 1. The van der Waals surface area contributed by atoms with Crippen LogP contribution in [0, 0.1) is 6.92 Å². The van der Waals surface area contributed by atoms with Crippen LogP contribution in [0.15, 0.2) is 48.5 Å². The molecule has 0 bridgehead atoms. The monoisotopic (exact) mass is 241 g/mol. The van der Waals surface area contributed by atoms with Gasteiger partial charge in [0.25, 0.3) is 5.91 Å². The molecule has 0 aliphatic heterocycles. The van der Waals surface area contributed by atoms with Gasteiger partial charge in [0.2, 0.25) is 0 Å². The van der Waals surface area contributed by atoms with Crippen LogP contribution in [0.25, 0.3) is 0 Å².